The highest BCUT2D eigenvalue weighted by molar-refractivity contribution is 5.91. The second-order valence-corrected chi connectivity index (χ2v) is 6.90. The second kappa shape index (κ2) is 7.73. The molecule has 0 N–H and O–H groups in total. The number of carbonyl (C=O) groups excluding carboxylic acids is 1. The zero-order valence-corrected chi connectivity index (χ0v) is 15.4. The number of hydrogen-bond acceptors (Lipinski definition) is 5. The molecular weight excluding hydrogens is 342 g/mol. The van der Waals surface area contributed by atoms with Gasteiger partial charge in [-0.2, -0.15) is 0 Å². The molecule has 7 heteroatoms. The number of carbonyl (C=O) groups is 1. The first-order valence-corrected chi connectivity index (χ1v) is 9.39. The molecule has 0 aliphatic carbocycles. The minimum atomic E-state index is -0.0841. The van der Waals surface area contributed by atoms with Crippen LogP contribution in [0, 0.1) is 0 Å². The van der Waals surface area contributed by atoms with Crippen LogP contribution in [0.1, 0.15) is 53.3 Å². The molecule has 0 spiro atoms. The molecular formula is C20H23N5O2. The van der Waals surface area contributed by atoms with E-state index in [2.05, 4.69) is 19.7 Å². The summed E-state index contributed by atoms with van der Waals surface area (Å²) in [5, 5.41) is 3.94. The summed E-state index contributed by atoms with van der Waals surface area (Å²) in [7, 11) is 0. The molecule has 0 radical (unpaired) electrons. The number of rotatable bonds is 5. The van der Waals surface area contributed by atoms with Crippen molar-refractivity contribution in [3.05, 3.63) is 65.8 Å². The van der Waals surface area contributed by atoms with E-state index in [1.165, 1.54) is 5.56 Å². The first kappa shape index (κ1) is 17.5. The Kier molecular flexibility index (Phi) is 5.00. The first-order valence-electron chi connectivity index (χ1n) is 9.39. The monoisotopic (exact) mass is 365 g/mol. The molecule has 1 unspecified atom stereocenters. The lowest BCUT2D eigenvalue weighted by molar-refractivity contribution is 0.0661. The summed E-state index contributed by atoms with van der Waals surface area (Å²) in [5.41, 5.74) is 1.99. The van der Waals surface area contributed by atoms with E-state index in [1.807, 2.05) is 36.4 Å². The van der Waals surface area contributed by atoms with Gasteiger partial charge in [0.05, 0.1) is 5.69 Å². The molecule has 0 bridgehead atoms. The zero-order valence-electron chi connectivity index (χ0n) is 15.4. The van der Waals surface area contributed by atoms with E-state index >= 15 is 0 Å². The summed E-state index contributed by atoms with van der Waals surface area (Å²) in [6.07, 6.45) is 10.2. The van der Waals surface area contributed by atoms with Gasteiger partial charge in [-0.25, -0.2) is 4.98 Å². The van der Waals surface area contributed by atoms with Crippen molar-refractivity contribution in [1.29, 1.82) is 0 Å². The molecule has 0 aromatic carbocycles. The van der Waals surface area contributed by atoms with E-state index in [4.69, 9.17) is 4.52 Å². The van der Waals surface area contributed by atoms with Gasteiger partial charge in [0.25, 0.3) is 5.91 Å². The van der Waals surface area contributed by atoms with Gasteiger partial charge in [-0.3, -0.25) is 9.78 Å². The number of amides is 1. The molecule has 7 nitrogen and oxygen atoms in total. The van der Waals surface area contributed by atoms with Gasteiger partial charge in [0.2, 0.25) is 5.76 Å². The van der Waals surface area contributed by atoms with Crippen LogP contribution in [-0.2, 0) is 13.0 Å². The minimum Gasteiger partial charge on any atom is -0.351 e. The molecule has 140 valence electrons. The molecule has 1 saturated heterocycles. The summed E-state index contributed by atoms with van der Waals surface area (Å²) < 4.78 is 7.40. The lowest BCUT2D eigenvalue weighted by Crippen LogP contribution is -2.39. The zero-order chi connectivity index (χ0) is 18.6. The maximum absolute atomic E-state index is 12.8. The van der Waals surface area contributed by atoms with Crippen LogP contribution in [0.5, 0.6) is 0 Å². The molecule has 3 aromatic rings. The molecule has 1 atom stereocenters. The molecule has 27 heavy (non-hydrogen) atoms. The van der Waals surface area contributed by atoms with Crippen LogP contribution in [-0.4, -0.2) is 43.6 Å². The Labute approximate surface area is 158 Å². The van der Waals surface area contributed by atoms with Crippen LogP contribution < -0.4 is 0 Å². The van der Waals surface area contributed by atoms with Crippen molar-refractivity contribution in [3.8, 4) is 0 Å². The van der Waals surface area contributed by atoms with Gasteiger partial charge in [-0.05, 0) is 37.0 Å². The quantitative estimate of drug-likeness (QED) is 0.695. The van der Waals surface area contributed by atoms with Crippen LogP contribution in [0.3, 0.4) is 0 Å². The Bertz CT molecular complexity index is 902. The highest BCUT2D eigenvalue weighted by atomic mass is 16.5. The van der Waals surface area contributed by atoms with Crippen LogP contribution >= 0.6 is 0 Å². The Morgan fingerprint density at radius 1 is 1.30 bits per heavy atom. The van der Waals surface area contributed by atoms with Gasteiger partial charge in [-0.1, -0.05) is 12.1 Å². The van der Waals surface area contributed by atoms with Crippen molar-refractivity contribution in [2.24, 2.45) is 0 Å². The van der Waals surface area contributed by atoms with Crippen LogP contribution in [0.25, 0.3) is 0 Å². The summed E-state index contributed by atoms with van der Waals surface area (Å²) in [4.78, 5) is 23.3. The van der Waals surface area contributed by atoms with Crippen molar-refractivity contribution in [2.45, 2.75) is 38.6 Å². The van der Waals surface area contributed by atoms with Gasteiger partial charge in [-0.15, -0.1) is 0 Å². The molecule has 1 aliphatic rings. The van der Waals surface area contributed by atoms with E-state index in [9.17, 15) is 4.79 Å². The Hall–Kier alpha value is -2.96. The highest BCUT2D eigenvalue weighted by Crippen LogP contribution is 2.27. The predicted octanol–water partition coefficient (Wildman–Crippen LogP) is 2.90. The number of piperidine rings is 1. The fraction of sp³-hybridized carbons (Fsp3) is 0.400. The molecule has 0 saturated carbocycles. The van der Waals surface area contributed by atoms with Gasteiger partial charge < -0.3 is 14.0 Å². The lowest BCUT2D eigenvalue weighted by atomic mass is 9.96. The summed E-state index contributed by atoms with van der Waals surface area (Å²) in [6.45, 7) is 4.13. The number of aromatic nitrogens is 4. The average Bonchev–Trinajstić information content (AvgIpc) is 3.38. The van der Waals surface area contributed by atoms with Gasteiger partial charge >= 0.3 is 0 Å². The van der Waals surface area contributed by atoms with E-state index in [0.29, 0.717) is 12.3 Å². The molecule has 1 aliphatic heterocycles. The second-order valence-electron chi connectivity index (χ2n) is 6.90. The normalized spacial score (nSPS) is 17.2. The number of likely N-dealkylation sites (tertiary alicyclic amines) is 1. The Morgan fingerprint density at radius 2 is 2.15 bits per heavy atom. The van der Waals surface area contributed by atoms with Crippen LogP contribution in [0.15, 0.2) is 47.5 Å². The van der Waals surface area contributed by atoms with Gasteiger partial charge in [0, 0.05) is 56.4 Å². The van der Waals surface area contributed by atoms with Crippen molar-refractivity contribution >= 4 is 5.91 Å². The number of hydrogen-bond donors (Lipinski definition) is 0. The van der Waals surface area contributed by atoms with E-state index in [1.54, 1.807) is 18.5 Å². The standard InChI is InChI=1S/C20H23N5O2/c1-2-17-12-18(27-23-17)20(26)25-10-3-4-16(14-25)19-22-9-11-24(19)13-15-5-7-21-8-6-15/h5-9,11-12,16H,2-4,10,13-14H2,1H3. The molecule has 1 amide bonds. The van der Waals surface area contributed by atoms with E-state index in [-0.39, 0.29) is 11.8 Å². The Balaban J connectivity index is 1.49. The van der Waals surface area contributed by atoms with Crippen molar-refractivity contribution < 1.29 is 9.32 Å². The molecule has 4 heterocycles. The largest absolute Gasteiger partial charge is 0.351 e. The molecule has 1 fully saturated rings. The van der Waals surface area contributed by atoms with Gasteiger partial charge in [0.1, 0.15) is 5.82 Å². The Morgan fingerprint density at radius 3 is 2.93 bits per heavy atom. The summed E-state index contributed by atoms with van der Waals surface area (Å²) >= 11 is 0. The third kappa shape index (κ3) is 3.77. The number of aryl methyl sites for hydroxylation is 1. The number of pyridine rings is 1. The van der Waals surface area contributed by atoms with Crippen molar-refractivity contribution in [2.75, 3.05) is 13.1 Å². The number of nitrogens with zero attached hydrogens (tertiary/aromatic N) is 5. The lowest BCUT2D eigenvalue weighted by Gasteiger charge is -2.32. The third-order valence-electron chi connectivity index (χ3n) is 5.06. The summed E-state index contributed by atoms with van der Waals surface area (Å²) in [5.74, 6) is 1.48. The van der Waals surface area contributed by atoms with Crippen molar-refractivity contribution in [1.82, 2.24) is 24.6 Å². The SMILES string of the molecule is CCc1cc(C(=O)N2CCCC(c3nccn3Cc3ccncc3)C2)on1. The van der Waals surface area contributed by atoms with Crippen LogP contribution in [0.2, 0.25) is 0 Å². The average molecular weight is 365 g/mol. The maximum Gasteiger partial charge on any atom is 0.292 e. The molecule has 3 aromatic heterocycles. The van der Waals surface area contributed by atoms with Gasteiger partial charge in [0.15, 0.2) is 0 Å². The number of imidazole rings is 1. The third-order valence-corrected chi connectivity index (χ3v) is 5.06. The fourth-order valence-electron chi connectivity index (χ4n) is 3.61. The highest BCUT2D eigenvalue weighted by Gasteiger charge is 2.29. The molecule has 4 rings (SSSR count). The first-order chi connectivity index (χ1) is 13.2. The van der Waals surface area contributed by atoms with Crippen molar-refractivity contribution in [3.63, 3.8) is 0 Å². The topological polar surface area (TPSA) is 77.0 Å². The maximum atomic E-state index is 12.8. The van der Waals surface area contributed by atoms with E-state index < -0.39 is 0 Å². The predicted molar refractivity (Wildman–Crippen MR) is 99.3 cm³/mol. The van der Waals surface area contributed by atoms with Crippen LogP contribution in [0.4, 0.5) is 0 Å². The smallest absolute Gasteiger partial charge is 0.292 e. The fourth-order valence-corrected chi connectivity index (χ4v) is 3.61. The minimum absolute atomic E-state index is 0.0841. The van der Waals surface area contributed by atoms with E-state index in [0.717, 1.165) is 43.9 Å². The summed E-state index contributed by atoms with van der Waals surface area (Å²) in [6, 6.07) is 5.77.